The molecule has 8 rings (SSSR count). The molecule has 0 fully saturated rings. The van der Waals surface area contributed by atoms with Gasteiger partial charge in [-0.2, -0.15) is 20.4 Å². The van der Waals surface area contributed by atoms with Crippen LogP contribution in [0.4, 0.5) is 9.59 Å². The first-order valence-electron chi connectivity index (χ1n) is 19.9. The van der Waals surface area contributed by atoms with Gasteiger partial charge in [0.1, 0.15) is 22.6 Å². The van der Waals surface area contributed by atoms with Gasteiger partial charge in [-0.05, 0) is 67.5 Å². The van der Waals surface area contributed by atoms with Gasteiger partial charge in [-0.1, -0.05) is 0 Å². The lowest BCUT2D eigenvalue weighted by molar-refractivity contribution is 0.0126. The van der Waals surface area contributed by atoms with Crippen molar-refractivity contribution < 1.29 is 28.7 Å². The Hall–Kier alpha value is -5.68. The molecule has 0 radical (unpaired) electrons. The van der Waals surface area contributed by atoms with Gasteiger partial charge in [0.05, 0.1) is 49.0 Å². The van der Waals surface area contributed by atoms with Crippen LogP contribution in [0, 0.1) is 0 Å². The van der Waals surface area contributed by atoms with Crippen LogP contribution in [0.3, 0.4) is 0 Å². The number of H-pyrrole nitrogens is 2. The van der Waals surface area contributed by atoms with E-state index in [1.807, 2.05) is 67.5 Å². The lowest BCUT2D eigenvalue weighted by Gasteiger charge is -2.34. The van der Waals surface area contributed by atoms with Gasteiger partial charge in [0, 0.05) is 87.5 Å². The quantitative estimate of drug-likeness (QED) is 0.295. The minimum absolute atomic E-state index is 0.0496. The Morgan fingerprint density at radius 3 is 1.36 bits per heavy atom. The van der Waals surface area contributed by atoms with Crippen LogP contribution in [-0.2, 0) is 48.5 Å². The van der Waals surface area contributed by atoms with Crippen LogP contribution in [-0.4, -0.2) is 134 Å². The van der Waals surface area contributed by atoms with Crippen molar-refractivity contribution in [1.82, 2.24) is 59.6 Å². The second kappa shape index (κ2) is 15.2. The molecule has 1 unspecified atom stereocenters. The van der Waals surface area contributed by atoms with Crippen LogP contribution in [0.5, 0.6) is 0 Å². The predicted molar refractivity (Wildman–Crippen MR) is 211 cm³/mol. The molecule has 8 heterocycles. The zero-order chi connectivity index (χ0) is 41.8. The summed E-state index contributed by atoms with van der Waals surface area (Å²) in [6, 6.07) is 3.77. The molecule has 0 aromatic carbocycles. The first-order valence-corrected chi connectivity index (χ1v) is 19.9. The third kappa shape index (κ3) is 8.18. The monoisotopic (exact) mass is 800 g/mol. The lowest BCUT2D eigenvalue weighted by atomic mass is 9.99. The summed E-state index contributed by atoms with van der Waals surface area (Å²) in [5.41, 5.74) is 5.25. The maximum Gasteiger partial charge on any atom is 0.410 e. The second-order valence-electron chi connectivity index (χ2n) is 18.0. The maximum absolute atomic E-state index is 13.2. The standard InChI is InChI=1S/2C20H28N6O3/c2*1-12-8-16-14(11-25(12)19(28)29-20(2,3)4)17-18(27)24(5)9-13(10-26(17)23-16)15-6-7-21-22-15/h2*6-7,12-13H,8-11H2,1-5H3,(H,21,22)/t12-,13?;12-,13+/m11/s1. The topological polar surface area (TPSA) is 193 Å². The normalized spacial score (nSPS) is 22.2. The Bertz CT molecular complexity index is 2010. The summed E-state index contributed by atoms with van der Waals surface area (Å²) in [6.07, 6.45) is 4.05. The molecule has 312 valence electrons. The summed E-state index contributed by atoms with van der Waals surface area (Å²) in [5, 5.41) is 23.8. The third-order valence-electron chi connectivity index (χ3n) is 11.0. The number of fused-ring (bicyclic) bond motifs is 6. The number of likely N-dealkylation sites (N-methyl/N-ethyl adjacent to an activating group) is 2. The number of hydrogen-bond acceptors (Lipinski definition) is 10. The number of rotatable bonds is 2. The minimum Gasteiger partial charge on any atom is -0.444 e. The molecule has 0 aliphatic carbocycles. The van der Waals surface area contributed by atoms with Crippen molar-refractivity contribution in [2.75, 3.05) is 27.2 Å². The molecule has 2 N–H and O–H groups in total. The molecule has 58 heavy (non-hydrogen) atoms. The number of carbonyl (C=O) groups excluding carboxylic acids is 4. The van der Waals surface area contributed by atoms with E-state index in [0.29, 0.717) is 63.5 Å². The van der Waals surface area contributed by atoms with Gasteiger partial charge in [-0.3, -0.25) is 29.2 Å². The van der Waals surface area contributed by atoms with Gasteiger partial charge in [-0.15, -0.1) is 0 Å². The molecule has 4 aromatic rings. The van der Waals surface area contributed by atoms with Gasteiger partial charge < -0.3 is 29.1 Å². The largest absolute Gasteiger partial charge is 0.444 e. The minimum atomic E-state index is -0.570. The van der Waals surface area contributed by atoms with Crippen molar-refractivity contribution in [2.24, 2.45) is 0 Å². The van der Waals surface area contributed by atoms with Gasteiger partial charge in [-0.25, -0.2) is 9.59 Å². The van der Waals surface area contributed by atoms with E-state index in [1.54, 1.807) is 55.5 Å². The first-order chi connectivity index (χ1) is 27.3. The summed E-state index contributed by atoms with van der Waals surface area (Å²) >= 11 is 0. The number of nitrogens with one attached hydrogen (secondary N) is 2. The van der Waals surface area contributed by atoms with Crippen LogP contribution in [0.1, 0.15) is 122 Å². The Morgan fingerprint density at radius 1 is 0.655 bits per heavy atom. The predicted octanol–water partition coefficient (Wildman–Crippen LogP) is 4.31. The number of ether oxygens (including phenoxy) is 2. The summed E-state index contributed by atoms with van der Waals surface area (Å²) < 4.78 is 14.8. The molecule has 4 amide bonds. The SMILES string of the molecule is C[C@@H]1Cc2nn3c(c2CN1C(=O)OC(C)(C)C)C(=O)N(C)CC(c1cc[nH]n1)C3.C[C@@H]1Cc2nn3c(c2CN1C(=O)OC(C)(C)C)C(=O)N(C)C[C@H](c1cc[nH]n1)C3. The number of aromatic amines is 2. The highest BCUT2D eigenvalue weighted by Crippen LogP contribution is 2.33. The highest BCUT2D eigenvalue weighted by molar-refractivity contribution is 5.95. The van der Waals surface area contributed by atoms with E-state index in [9.17, 15) is 19.2 Å². The number of carbonyl (C=O) groups is 4. The average molecular weight is 801 g/mol. The molecular weight excluding hydrogens is 745 g/mol. The zero-order valence-corrected chi connectivity index (χ0v) is 35.2. The van der Waals surface area contributed by atoms with Gasteiger partial charge in [0.15, 0.2) is 0 Å². The molecular formula is C40H56N12O6. The molecule has 0 saturated carbocycles. The number of amides is 4. The molecule has 0 bridgehead atoms. The van der Waals surface area contributed by atoms with E-state index in [2.05, 4.69) is 20.4 Å². The summed E-state index contributed by atoms with van der Waals surface area (Å²) in [6.45, 7) is 18.0. The van der Waals surface area contributed by atoms with Crippen molar-refractivity contribution in [3.63, 3.8) is 0 Å². The van der Waals surface area contributed by atoms with Crippen LogP contribution in [0.25, 0.3) is 0 Å². The van der Waals surface area contributed by atoms with E-state index < -0.39 is 11.2 Å². The van der Waals surface area contributed by atoms with Crippen LogP contribution >= 0.6 is 0 Å². The fourth-order valence-corrected chi connectivity index (χ4v) is 8.16. The van der Waals surface area contributed by atoms with Crippen molar-refractivity contribution in [2.45, 2.75) is 130 Å². The first kappa shape index (κ1) is 40.5. The summed E-state index contributed by atoms with van der Waals surface area (Å²) in [4.78, 5) is 58.6. The fraction of sp³-hybridized carbons (Fsp3) is 0.600. The number of hydrogen-bond donors (Lipinski definition) is 2. The molecule has 4 aromatic heterocycles. The second-order valence-corrected chi connectivity index (χ2v) is 18.0. The fourth-order valence-electron chi connectivity index (χ4n) is 8.16. The van der Waals surface area contributed by atoms with Gasteiger partial charge in [0.2, 0.25) is 0 Å². The van der Waals surface area contributed by atoms with E-state index in [-0.39, 0.29) is 47.9 Å². The van der Waals surface area contributed by atoms with Crippen molar-refractivity contribution in [3.8, 4) is 0 Å². The Labute approximate surface area is 338 Å². The van der Waals surface area contributed by atoms with Gasteiger partial charge >= 0.3 is 12.2 Å². The van der Waals surface area contributed by atoms with Crippen LogP contribution in [0.2, 0.25) is 0 Å². The highest BCUT2D eigenvalue weighted by atomic mass is 16.6. The Morgan fingerprint density at radius 2 is 1.03 bits per heavy atom. The van der Waals surface area contributed by atoms with E-state index in [0.717, 1.165) is 33.9 Å². The molecule has 0 saturated heterocycles. The molecule has 4 aliphatic heterocycles. The molecule has 4 aliphatic rings. The van der Waals surface area contributed by atoms with E-state index in [1.165, 1.54) is 0 Å². The van der Waals surface area contributed by atoms with Gasteiger partial charge in [0.25, 0.3) is 11.8 Å². The Kier molecular flexibility index (Phi) is 10.7. The lowest BCUT2D eigenvalue weighted by Crippen LogP contribution is -2.45. The number of aromatic nitrogens is 8. The van der Waals surface area contributed by atoms with E-state index in [4.69, 9.17) is 19.7 Å². The maximum atomic E-state index is 13.2. The van der Waals surface area contributed by atoms with Crippen molar-refractivity contribution >= 4 is 24.0 Å². The van der Waals surface area contributed by atoms with Crippen LogP contribution < -0.4 is 0 Å². The molecule has 18 nitrogen and oxygen atoms in total. The van der Waals surface area contributed by atoms with Crippen LogP contribution in [0.15, 0.2) is 24.5 Å². The smallest absolute Gasteiger partial charge is 0.410 e. The molecule has 18 heteroatoms. The summed E-state index contributed by atoms with van der Waals surface area (Å²) in [5.74, 6) is -0.0414. The molecule has 4 atom stereocenters. The summed E-state index contributed by atoms with van der Waals surface area (Å²) in [7, 11) is 3.60. The molecule has 0 spiro atoms. The average Bonchev–Trinajstić information content (AvgIpc) is 3.93. The Balaban J connectivity index is 0.000000177. The number of nitrogens with zero attached hydrogens (tertiary/aromatic N) is 10. The zero-order valence-electron chi connectivity index (χ0n) is 35.2. The van der Waals surface area contributed by atoms with Crippen molar-refractivity contribution in [3.05, 3.63) is 69.8 Å². The van der Waals surface area contributed by atoms with Crippen molar-refractivity contribution in [1.29, 1.82) is 0 Å². The van der Waals surface area contributed by atoms with E-state index >= 15 is 0 Å². The third-order valence-corrected chi connectivity index (χ3v) is 11.0. The highest BCUT2D eigenvalue weighted by Gasteiger charge is 2.40.